The molecule has 4 aliphatic heterocycles. The summed E-state index contributed by atoms with van der Waals surface area (Å²) in [6, 6.07) is 6.20. The lowest BCUT2D eigenvalue weighted by molar-refractivity contribution is -0.146. The average Bonchev–Trinajstić information content (AvgIpc) is 3.36. The van der Waals surface area contributed by atoms with E-state index in [0.717, 1.165) is 12.8 Å². The Balaban J connectivity index is 1.31. The van der Waals surface area contributed by atoms with E-state index < -0.39 is 41.6 Å². The molecule has 5 aliphatic rings. The number of benzene rings is 1. The summed E-state index contributed by atoms with van der Waals surface area (Å²) in [6.45, 7) is 6.24. The van der Waals surface area contributed by atoms with Crippen LogP contribution >= 0.6 is 35.0 Å². The Kier molecular flexibility index (Phi) is 8.35. The number of aliphatic hydroxyl groups is 1. The first-order chi connectivity index (χ1) is 22.4. The number of piperazine rings is 1. The molecular formula is C33H36Cl2F2N6O3S. The largest absolute Gasteiger partial charge is 0.394 e. The quantitative estimate of drug-likeness (QED) is 0.420. The van der Waals surface area contributed by atoms with Gasteiger partial charge in [-0.1, -0.05) is 49.2 Å². The van der Waals surface area contributed by atoms with Crippen LogP contribution in [0.3, 0.4) is 0 Å². The second kappa shape index (κ2) is 12.0. The number of carbonyl (C=O) groups excluding carboxylic acids is 2. The summed E-state index contributed by atoms with van der Waals surface area (Å²) in [5.41, 5.74) is 0.586. The number of aromatic nitrogens is 1. The third-order valence-corrected chi connectivity index (χ3v) is 11.7. The van der Waals surface area contributed by atoms with E-state index >= 15 is 8.78 Å². The van der Waals surface area contributed by atoms with Gasteiger partial charge >= 0.3 is 0 Å². The van der Waals surface area contributed by atoms with Crippen molar-refractivity contribution in [2.75, 3.05) is 26.2 Å². The molecule has 2 amide bonds. The average molecular weight is 706 g/mol. The van der Waals surface area contributed by atoms with Crippen molar-refractivity contribution in [2.45, 2.75) is 75.4 Å². The summed E-state index contributed by atoms with van der Waals surface area (Å²) >= 11 is 13.5. The number of rotatable bonds is 6. The minimum Gasteiger partial charge on any atom is -0.394 e. The highest BCUT2D eigenvalue weighted by Gasteiger charge is 2.58. The molecule has 1 aliphatic carbocycles. The van der Waals surface area contributed by atoms with Crippen molar-refractivity contribution in [1.82, 2.24) is 25.0 Å². The van der Waals surface area contributed by atoms with Crippen LogP contribution in [0.4, 0.5) is 8.78 Å². The number of fused-ring (bicyclic) bond motifs is 1. The summed E-state index contributed by atoms with van der Waals surface area (Å²) in [6.07, 6.45) is 2.00. The maximum Gasteiger partial charge on any atom is 0.263 e. The third-order valence-electron chi connectivity index (χ3n) is 10.2. The molecule has 1 aromatic carbocycles. The van der Waals surface area contributed by atoms with Crippen molar-refractivity contribution in [3.05, 3.63) is 74.3 Å². The van der Waals surface area contributed by atoms with Crippen molar-refractivity contribution in [3.8, 4) is 0 Å². The normalized spacial score (nSPS) is 29.6. The Labute approximate surface area is 286 Å². The number of pyridine rings is 1. The molecule has 47 heavy (non-hydrogen) atoms. The van der Waals surface area contributed by atoms with Gasteiger partial charge in [0.15, 0.2) is 5.17 Å². The number of thioether (sulfide) groups is 1. The molecule has 1 spiro atoms. The number of amidine groups is 1. The predicted octanol–water partition coefficient (Wildman–Crippen LogP) is 4.71. The van der Waals surface area contributed by atoms with E-state index in [1.807, 2.05) is 31.7 Å². The first-order valence-corrected chi connectivity index (χ1v) is 17.5. The van der Waals surface area contributed by atoms with Crippen molar-refractivity contribution in [2.24, 2.45) is 10.9 Å². The number of alkyl halides is 1. The Bertz CT molecular complexity index is 1690. The van der Waals surface area contributed by atoms with Crippen LogP contribution in [0, 0.1) is 11.7 Å². The summed E-state index contributed by atoms with van der Waals surface area (Å²) in [4.78, 5) is 43.3. The molecule has 1 saturated carbocycles. The van der Waals surface area contributed by atoms with Gasteiger partial charge < -0.3 is 25.1 Å². The molecule has 0 bridgehead atoms. The van der Waals surface area contributed by atoms with Crippen LogP contribution in [0.15, 0.2) is 52.1 Å². The van der Waals surface area contributed by atoms with Crippen molar-refractivity contribution in [3.63, 3.8) is 0 Å². The number of allylic oxidation sites excluding steroid dienone is 1. The van der Waals surface area contributed by atoms with Crippen LogP contribution in [0.25, 0.3) is 0 Å². The fraction of sp³-hybridized carbons (Fsp3) is 0.515. The molecule has 0 unspecified atom stereocenters. The molecule has 2 saturated heterocycles. The van der Waals surface area contributed by atoms with Gasteiger partial charge in [0.1, 0.15) is 33.6 Å². The van der Waals surface area contributed by atoms with E-state index in [9.17, 15) is 14.7 Å². The lowest BCUT2D eigenvalue weighted by atomic mass is 9.77. The maximum absolute atomic E-state index is 15.2. The summed E-state index contributed by atoms with van der Waals surface area (Å²) in [5, 5.41) is 14.3. The molecule has 1 aromatic heterocycles. The number of aliphatic imine (C=N–C) groups is 1. The molecule has 14 heteroatoms. The Morgan fingerprint density at radius 3 is 2.55 bits per heavy atom. The van der Waals surface area contributed by atoms with Gasteiger partial charge in [-0.25, -0.2) is 13.8 Å². The molecule has 5 heterocycles. The molecule has 250 valence electrons. The van der Waals surface area contributed by atoms with Gasteiger partial charge in [0, 0.05) is 42.5 Å². The fourth-order valence-corrected chi connectivity index (χ4v) is 9.20. The van der Waals surface area contributed by atoms with Crippen LogP contribution < -0.4 is 5.32 Å². The van der Waals surface area contributed by atoms with Crippen molar-refractivity contribution >= 4 is 51.9 Å². The van der Waals surface area contributed by atoms with Gasteiger partial charge in [-0.3, -0.25) is 14.6 Å². The number of hydrogen-bond acceptors (Lipinski definition) is 8. The molecule has 7 rings (SSSR count). The van der Waals surface area contributed by atoms with E-state index in [4.69, 9.17) is 28.2 Å². The zero-order valence-electron chi connectivity index (χ0n) is 26.2. The van der Waals surface area contributed by atoms with E-state index in [1.165, 1.54) is 28.8 Å². The van der Waals surface area contributed by atoms with Gasteiger partial charge in [0.05, 0.1) is 30.3 Å². The summed E-state index contributed by atoms with van der Waals surface area (Å²) < 4.78 is 30.3. The molecule has 0 radical (unpaired) electrons. The summed E-state index contributed by atoms with van der Waals surface area (Å²) in [7, 11) is 0. The van der Waals surface area contributed by atoms with Crippen LogP contribution in [0.1, 0.15) is 51.2 Å². The van der Waals surface area contributed by atoms with Gasteiger partial charge in [0.25, 0.3) is 5.91 Å². The highest BCUT2D eigenvalue weighted by atomic mass is 35.5. The van der Waals surface area contributed by atoms with Crippen LogP contribution in [0.5, 0.6) is 0 Å². The summed E-state index contributed by atoms with van der Waals surface area (Å²) in [5.74, 6) is -1.62. The smallest absolute Gasteiger partial charge is 0.263 e. The van der Waals surface area contributed by atoms with E-state index in [-0.39, 0.29) is 47.1 Å². The predicted molar refractivity (Wildman–Crippen MR) is 177 cm³/mol. The minimum absolute atomic E-state index is 0.0257. The fourth-order valence-electron chi connectivity index (χ4n) is 7.61. The SMILES string of the molecule is CC(C)C1=C(C(=O)N2C[C@H](F)C[C@@H]2C(=O)N2CC3(CC3)NC[C@@H]2CO)SC2=N[C@@H](C)[C@](c3ccc(Cl)nc3)(c3ccc(Cl)c(F)c3)N21. The molecule has 2 N–H and O–H groups in total. The number of nitrogens with one attached hydrogen (secondary N) is 1. The van der Waals surface area contributed by atoms with Crippen molar-refractivity contribution < 1.29 is 23.5 Å². The lowest BCUT2D eigenvalue weighted by Gasteiger charge is -2.43. The molecule has 2 aromatic rings. The van der Waals surface area contributed by atoms with Crippen LogP contribution in [-0.4, -0.2) is 97.8 Å². The second-order valence-electron chi connectivity index (χ2n) is 13.4. The monoisotopic (exact) mass is 704 g/mol. The standard InChI is InChI=1S/C33H36Cl2F2N6O3S/c1-17(2)27-28(30(46)41-14-21(36)11-25(41)29(45)42-16-32(8-9-32)39-13-22(42)15-44)47-31-40-18(3)33(43(27)31,20-5-7-26(35)38-12-20)19-4-6-23(34)24(37)10-19/h4-7,10,12,17-18,21-22,25,39,44H,8-9,11,13-16H2,1-3H3/t18-,21+,22+,25+,33+/m0/s1. The number of amides is 2. The highest BCUT2D eigenvalue weighted by Crippen LogP contribution is 2.55. The number of hydrogen-bond donors (Lipinski definition) is 2. The zero-order chi connectivity index (χ0) is 33.4. The molecule has 3 fully saturated rings. The van der Waals surface area contributed by atoms with Gasteiger partial charge in [-0.05, 0) is 61.2 Å². The van der Waals surface area contributed by atoms with E-state index in [0.29, 0.717) is 40.0 Å². The van der Waals surface area contributed by atoms with Gasteiger partial charge in [-0.15, -0.1) is 0 Å². The Morgan fingerprint density at radius 2 is 1.91 bits per heavy atom. The highest BCUT2D eigenvalue weighted by molar-refractivity contribution is 8.18. The Hall–Kier alpha value is -2.77. The topological polar surface area (TPSA) is 101 Å². The van der Waals surface area contributed by atoms with Crippen molar-refractivity contribution in [1.29, 1.82) is 0 Å². The number of halogens is 4. The number of aliphatic hydroxyl groups excluding tert-OH is 1. The third kappa shape index (κ3) is 5.26. The van der Waals surface area contributed by atoms with E-state index in [1.54, 1.807) is 23.2 Å². The molecular weight excluding hydrogens is 669 g/mol. The number of carbonyl (C=O) groups is 2. The zero-order valence-corrected chi connectivity index (χ0v) is 28.5. The maximum atomic E-state index is 15.2. The molecule has 9 nitrogen and oxygen atoms in total. The van der Waals surface area contributed by atoms with Gasteiger partial charge in [0.2, 0.25) is 5.91 Å². The number of likely N-dealkylation sites (tertiary alicyclic amines) is 1. The first-order valence-electron chi connectivity index (χ1n) is 15.9. The van der Waals surface area contributed by atoms with Gasteiger partial charge in [-0.2, -0.15) is 0 Å². The van der Waals surface area contributed by atoms with Crippen LogP contribution in [-0.2, 0) is 15.1 Å². The second-order valence-corrected chi connectivity index (χ2v) is 15.2. The number of nitrogens with zero attached hydrogens (tertiary/aromatic N) is 5. The van der Waals surface area contributed by atoms with Crippen LogP contribution in [0.2, 0.25) is 10.2 Å². The Morgan fingerprint density at radius 1 is 1.17 bits per heavy atom. The minimum atomic E-state index is -1.37. The first kappa shape index (κ1) is 32.8. The lowest BCUT2D eigenvalue weighted by Crippen LogP contribution is -2.63. The van der Waals surface area contributed by atoms with E-state index in [2.05, 4.69) is 10.3 Å². The molecule has 5 atom stereocenters.